The molecule has 0 spiro atoms. The van der Waals surface area contributed by atoms with Gasteiger partial charge in [-0.3, -0.25) is 9.59 Å². The molecule has 0 unspecified atom stereocenters. The van der Waals surface area contributed by atoms with E-state index in [0.717, 1.165) is 24.1 Å². The minimum atomic E-state index is -0.269. The van der Waals surface area contributed by atoms with Gasteiger partial charge in [-0.15, -0.1) is 0 Å². The predicted octanol–water partition coefficient (Wildman–Crippen LogP) is 3.20. The van der Waals surface area contributed by atoms with Gasteiger partial charge in [0.25, 0.3) is 11.5 Å². The Bertz CT molecular complexity index is 1070. The molecule has 1 atom stereocenters. The zero-order valence-corrected chi connectivity index (χ0v) is 16.6. The molecule has 29 heavy (non-hydrogen) atoms. The van der Waals surface area contributed by atoms with E-state index in [1.165, 1.54) is 0 Å². The van der Waals surface area contributed by atoms with Gasteiger partial charge in [-0.25, -0.2) is 4.98 Å². The fraction of sp³-hybridized carbons (Fsp3) is 0.364. The van der Waals surface area contributed by atoms with Gasteiger partial charge in [-0.05, 0) is 31.7 Å². The third-order valence-electron chi connectivity index (χ3n) is 5.43. The first-order chi connectivity index (χ1) is 14.1. The normalized spacial score (nSPS) is 16.3. The summed E-state index contributed by atoms with van der Waals surface area (Å²) < 4.78 is 5.21. The molecule has 1 amide bonds. The van der Waals surface area contributed by atoms with Crippen LogP contribution in [0.15, 0.2) is 45.7 Å². The Hall–Kier alpha value is -3.22. The van der Waals surface area contributed by atoms with Crippen LogP contribution in [0, 0.1) is 6.92 Å². The Morgan fingerprint density at radius 3 is 2.79 bits per heavy atom. The van der Waals surface area contributed by atoms with Gasteiger partial charge in [0.2, 0.25) is 5.76 Å². The van der Waals surface area contributed by atoms with Crippen LogP contribution in [0.4, 0.5) is 0 Å². The molecule has 150 valence electrons. The molecule has 0 bridgehead atoms. The summed E-state index contributed by atoms with van der Waals surface area (Å²) in [7, 11) is 0. The Labute approximate surface area is 168 Å². The van der Waals surface area contributed by atoms with E-state index in [4.69, 9.17) is 4.52 Å². The number of benzene rings is 1. The molecular weight excluding hydrogens is 368 g/mol. The molecule has 0 aliphatic carbocycles. The van der Waals surface area contributed by atoms with Crippen molar-refractivity contribution in [1.29, 1.82) is 0 Å². The van der Waals surface area contributed by atoms with Gasteiger partial charge >= 0.3 is 0 Å². The van der Waals surface area contributed by atoms with Crippen molar-refractivity contribution in [3.63, 3.8) is 0 Å². The third-order valence-corrected chi connectivity index (χ3v) is 5.43. The van der Waals surface area contributed by atoms with Crippen LogP contribution in [0.25, 0.3) is 0 Å². The van der Waals surface area contributed by atoms with E-state index >= 15 is 0 Å². The molecule has 2 aromatic heterocycles. The number of hydrogen-bond acceptors (Lipinski definition) is 5. The number of likely N-dealkylation sites (tertiary alicyclic amines) is 1. The number of rotatable bonds is 5. The first-order valence-electron chi connectivity index (χ1n) is 9.97. The molecule has 4 rings (SSSR count). The molecule has 3 aromatic rings. The number of carbonyl (C=O) groups excluding carboxylic acids is 1. The summed E-state index contributed by atoms with van der Waals surface area (Å²) in [6.07, 6.45) is 2.83. The average Bonchev–Trinajstić information content (AvgIpc) is 3.40. The van der Waals surface area contributed by atoms with Crippen molar-refractivity contribution in [2.75, 3.05) is 6.54 Å². The zero-order chi connectivity index (χ0) is 20.4. The fourth-order valence-electron chi connectivity index (χ4n) is 3.81. The summed E-state index contributed by atoms with van der Waals surface area (Å²) >= 11 is 0. The Kier molecular flexibility index (Phi) is 5.29. The first kappa shape index (κ1) is 19.1. The number of aromatic nitrogens is 3. The van der Waals surface area contributed by atoms with Crippen LogP contribution < -0.4 is 5.56 Å². The number of aromatic amines is 1. The number of aryl methyl sites for hydroxylation is 2. The van der Waals surface area contributed by atoms with Gasteiger partial charge in [0.05, 0.1) is 11.7 Å². The van der Waals surface area contributed by atoms with Crippen LogP contribution in [-0.4, -0.2) is 32.5 Å². The van der Waals surface area contributed by atoms with Crippen molar-refractivity contribution < 1.29 is 9.32 Å². The molecule has 1 N–H and O–H groups in total. The average molecular weight is 392 g/mol. The minimum Gasteiger partial charge on any atom is -0.351 e. The Balaban J connectivity index is 1.60. The SMILES string of the molecule is CCc1cc(C(=O)N2CCC[C@@H]2c2nc(C)c(Cc3ccccc3)c(=O)[nH]2)on1. The summed E-state index contributed by atoms with van der Waals surface area (Å²) in [5.41, 5.74) is 3.00. The van der Waals surface area contributed by atoms with E-state index in [-0.39, 0.29) is 23.3 Å². The van der Waals surface area contributed by atoms with Crippen LogP contribution in [0.5, 0.6) is 0 Å². The van der Waals surface area contributed by atoms with Gasteiger partial charge < -0.3 is 14.4 Å². The van der Waals surface area contributed by atoms with Crippen LogP contribution >= 0.6 is 0 Å². The molecule has 1 aromatic carbocycles. The molecule has 7 nitrogen and oxygen atoms in total. The molecule has 1 fully saturated rings. The lowest BCUT2D eigenvalue weighted by Gasteiger charge is -2.23. The number of carbonyl (C=O) groups is 1. The maximum atomic E-state index is 12.9. The van der Waals surface area contributed by atoms with Crippen molar-refractivity contribution in [2.45, 2.75) is 45.6 Å². The molecule has 1 aliphatic rings. The van der Waals surface area contributed by atoms with E-state index in [0.29, 0.717) is 36.5 Å². The van der Waals surface area contributed by atoms with Crippen molar-refractivity contribution in [3.05, 3.63) is 80.9 Å². The van der Waals surface area contributed by atoms with E-state index in [1.807, 2.05) is 44.2 Å². The van der Waals surface area contributed by atoms with Crippen molar-refractivity contribution in [2.24, 2.45) is 0 Å². The molecule has 0 radical (unpaired) electrons. The molecule has 1 aliphatic heterocycles. The van der Waals surface area contributed by atoms with Crippen LogP contribution in [0.3, 0.4) is 0 Å². The lowest BCUT2D eigenvalue weighted by molar-refractivity contribution is 0.0687. The lowest BCUT2D eigenvalue weighted by atomic mass is 10.0. The summed E-state index contributed by atoms with van der Waals surface area (Å²) in [5, 5.41) is 3.91. The number of amides is 1. The third kappa shape index (κ3) is 3.85. The van der Waals surface area contributed by atoms with Gasteiger partial charge in [-0.1, -0.05) is 42.4 Å². The monoisotopic (exact) mass is 392 g/mol. The van der Waals surface area contributed by atoms with Gasteiger partial charge in [0, 0.05) is 30.3 Å². The Morgan fingerprint density at radius 2 is 2.10 bits per heavy atom. The fourth-order valence-corrected chi connectivity index (χ4v) is 3.81. The Morgan fingerprint density at radius 1 is 1.31 bits per heavy atom. The first-order valence-corrected chi connectivity index (χ1v) is 9.97. The second kappa shape index (κ2) is 8.03. The van der Waals surface area contributed by atoms with E-state index in [1.54, 1.807) is 11.0 Å². The maximum absolute atomic E-state index is 12.9. The standard InChI is InChI=1S/C22H24N4O3/c1-3-16-13-19(29-25-16)22(28)26-11-7-10-18(26)20-23-14(2)17(21(27)24-20)12-15-8-5-4-6-9-15/h4-6,8-9,13,18H,3,7,10-12H2,1-2H3,(H,23,24,27)/t18-/m1/s1. The molecule has 1 saturated heterocycles. The number of H-pyrrole nitrogens is 1. The highest BCUT2D eigenvalue weighted by Crippen LogP contribution is 2.31. The smallest absolute Gasteiger partial charge is 0.293 e. The van der Waals surface area contributed by atoms with Crippen LogP contribution in [0.2, 0.25) is 0 Å². The van der Waals surface area contributed by atoms with Crippen molar-refractivity contribution in [3.8, 4) is 0 Å². The summed E-state index contributed by atoms with van der Waals surface area (Å²) in [6.45, 7) is 4.40. The van der Waals surface area contributed by atoms with Crippen LogP contribution in [0.1, 0.15) is 64.7 Å². The van der Waals surface area contributed by atoms with Gasteiger partial charge in [-0.2, -0.15) is 0 Å². The van der Waals surface area contributed by atoms with Gasteiger partial charge in [0.1, 0.15) is 5.82 Å². The number of hydrogen-bond donors (Lipinski definition) is 1. The predicted molar refractivity (Wildman–Crippen MR) is 108 cm³/mol. The van der Waals surface area contributed by atoms with Crippen molar-refractivity contribution in [1.82, 2.24) is 20.0 Å². The van der Waals surface area contributed by atoms with E-state index in [9.17, 15) is 9.59 Å². The van der Waals surface area contributed by atoms with E-state index < -0.39 is 0 Å². The second-order valence-corrected chi connectivity index (χ2v) is 7.37. The quantitative estimate of drug-likeness (QED) is 0.720. The van der Waals surface area contributed by atoms with Crippen molar-refractivity contribution >= 4 is 5.91 Å². The highest BCUT2D eigenvalue weighted by atomic mass is 16.5. The summed E-state index contributed by atoms with van der Waals surface area (Å²) in [4.78, 5) is 35.0. The highest BCUT2D eigenvalue weighted by Gasteiger charge is 2.34. The highest BCUT2D eigenvalue weighted by molar-refractivity contribution is 5.91. The summed E-state index contributed by atoms with van der Waals surface area (Å²) in [5.74, 6) is 0.548. The second-order valence-electron chi connectivity index (χ2n) is 7.37. The lowest BCUT2D eigenvalue weighted by Crippen LogP contribution is -2.33. The molecular formula is C22H24N4O3. The topological polar surface area (TPSA) is 92.1 Å². The molecule has 0 saturated carbocycles. The maximum Gasteiger partial charge on any atom is 0.293 e. The molecule has 3 heterocycles. The number of nitrogens with one attached hydrogen (secondary N) is 1. The number of nitrogens with zero attached hydrogens (tertiary/aromatic N) is 3. The van der Waals surface area contributed by atoms with Gasteiger partial charge in [0.15, 0.2) is 0 Å². The minimum absolute atomic E-state index is 0.149. The van der Waals surface area contributed by atoms with E-state index in [2.05, 4.69) is 15.1 Å². The van der Waals surface area contributed by atoms with Crippen LogP contribution in [-0.2, 0) is 12.8 Å². The largest absolute Gasteiger partial charge is 0.351 e. The zero-order valence-electron chi connectivity index (χ0n) is 16.6. The molecule has 7 heteroatoms. The summed E-state index contributed by atoms with van der Waals surface area (Å²) in [6, 6.07) is 11.3.